The molecule has 0 saturated heterocycles. The fourth-order valence-corrected chi connectivity index (χ4v) is 5.90. The fraction of sp³-hybridized carbons (Fsp3) is 0.348. The van der Waals surface area contributed by atoms with Crippen LogP contribution in [0, 0.1) is 0 Å². The molecule has 1 heterocycles. The van der Waals surface area contributed by atoms with Crippen molar-refractivity contribution in [3.63, 3.8) is 0 Å². The molecule has 172 valence electrons. The Balaban J connectivity index is 1.52. The van der Waals surface area contributed by atoms with E-state index in [1.807, 2.05) is 41.3 Å². The minimum atomic E-state index is -3.60. The van der Waals surface area contributed by atoms with Gasteiger partial charge in [0.15, 0.2) is 0 Å². The zero-order chi connectivity index (χ0) is 23.0. The van der Waals surface area contributed by atoms with Gasteiger partial charge in [0.25, 0.3) is 0 Å². The van der Waals surface area contributed by atoms with Crippen LogP contribution in [-0.4, -0.2) is 50.6 Å². The maximum absolute atomic E-state index is 12.7. The molecule has 0 aliphatic rings. The first-order chi connectivity index (χ1) is 15.4. The van der Waals surface area contributed by atoms with Gasteiger partial charge in [0.2, 0.25) is 10.0 Å². The highest BCUT2D eigenvalue weighted by Gasteiger charge is 2.17. The monoisotopic (exact) mass is 475 g/mol. The molecule has 4 N–H and O–H groups in total. The van der Waals surface area contributed by atoms with Gasteiger partial charge in [0, 0.05) is 30.9 Å². The highest BCUT2D eigenvalue weighted by molar-refractivity contribution is 7.91. The molecule has 0 bridgehead atoms. The molecule has 0 unspecified atom stereocenters. The Morgan fingerprint density at radius 2 is 1.75 bits per heavy atom. The SMILES string of the molecule is NCc1ccc(CCCN(CCNS(=O)(=O)c2cc3ccccc3s2)CCC(=O)O)cc1. The zero-order valence-corrected chi connectivity index (χ0v) is 19.5. The summed E-state index contributed by atoms with van der Waals surface area (Å²) in [6.45, 7) is 2.26. The Hall–Kier alpha value is -2.30. The first-order valence-electron chi connectivity index (χ1n) is 10.6. The van der Waals surface area contributed by atoms with Crippen molar-refractivity contribution in [1.82, 2.24) is 9.62 Å². The van der Waals surface area contributed by atoms with Crippen molar-refractivity contribution in [3.8, 4) is 0 Å². The summed E-state index contributed by atoms with van der Waals surface area (Å²) in [6, 6.07) is 17.4. The van der Waals surface area contributed by atoms with Gasteiger partial charge in [0.1, 0.15) is 4.21 Å². The molecule has 1 aromatic heterocycles. The fourth-order valence-electron chi connectivity index (χ4n) is 3.44. The average Bonchev–Trinajstić information content (AvgIpc) is 3.23. The second-order valence-corrected chi connectivity index (χ2v) is 10.7. The summed E-state index contributed by atoms with van der Waals surface area (Å²) in [4.78, 5) is 13.0. The van der Waals surface area contributed by atoms with Crippen molar-refractivity contribution in [3.05, 3.63) is 65.7 Å². The molecule has 9 heteroatoms. The lowest BCUT2D eigenvalue weighted by atomic mass is 10.1. The summed E-state index contributed by atoms with van der Waals surface area (Å²) >= 11 is 1.24. The van der Waals surface area contributed by atoms with Crippen molar-refractivity contribution < 1.29 is 18.3 Å². The van der Waals surface area contributed by atoms with Gasteiger partial charge >= 0.3 is 5.97 Å². The summed E-state index contributed by atoms with van der Waals surface area (Å²) in [5.74, 6) is -0.863. The van der Waals surface area contributed by atoms with Crippen LogP contribution in [0.1, 0.15) is 24.0 Å². The van der Waals surface area contributed by atoms with Crippen molar-refractivity contribution in [1.29, 1.82) is 0 Å². The van der Waals surface area contributed by atoms with Crippen LogP contribution in [0.3, 0.4) is 0 Å². The van der Waals surface area contributed by atoms with E-state index < -0.39 is 16.0 Å². The standard InChI is InChI=1S/C23H29N3O4S2/c24-17-19-9-7-18(8-10-19)4-3-13-26(14-11-22(27)28)15-12-25-32(29,30)23-16-20-5-1-2-6-21(20)31-23/h1-2,5-10,16,25H,3-4,11-15,17,24H2,(H,27,28). The van der Waals surface area contributed by atoms with E-state index in [2.05, 4.69) is 16.9 Å². The Bertz CT molecular complexity index is 1090. The van der Waals surface area contributed by atoms with Crippen molar-refractivity contribution in [2.24, 2.45) is 5.73 Å². The minimum absolute atomic E-state index is 0.0221. The lowest BCUT2D eigenvalue weighted by Gasteiger charge is -2.21. The number of hydrogen-bond acceptors (Lipinski definition) is 6. The quantitative estimate of drug-likeness (QED) is 0.350. The van der Waals surface area contributed by atoms with Crippen LogP contribution >= 0.6 is 11.3 Å². The number of nitrogens with two attached hydrogens (primary N) is 1. The third-order valence-electron chi connectivity index (χ3n) is 5.23. The number of aryl methyl sites for hydroxylation is 1. The third kappa shape index (κ3) is 7.11. The van der Waals surface area contributed by atoms with Crippen LogP contribution in [0.5, 0.6) is 0 Å². The number of fused-ring (bicyclic) bond motifs is 1. The van der Waals surface area contributed by atoms with Gasteiger partial charge in [-0.15, -0.1) is 11.3 Å². The lowest BCUT2D eigenvalue weighted by molar-refractivity contribution is -0.137. The van der Waals surface area contributed by atoms with E-state index in [0.29, 0.717) is 26.2 Å². The highest BCUT2D eigenvalue weighted by atomic mass is 32.2. The van der Waals surface area contributed by atoms with E-state index in [1.54, 1.807) is 6.07 Å². The first kappa shape index (κ1) is 24.3. The van der Waals surface area contributed by atoms with Crippen LogP contribution in [0.2, 0.25) is 0 Å². The van der Waals surface area contributed by atoms with Gasteiger partial charge in [0.05, 0.1) is 6.42 Å². The molecular formula is C23H29N3O4S2. The molecule has 7 nitrogen and oxygen atoms in total. The van der Waals surface area contributed by atoms with Gasteiger partial charge in [-0.1, -0.05) is 42.5 Å². The summed E-state index contributed by atoms with van der Waals surface area (Å²) in [6.07, 6.45) is 1.74. The highest BCUT2D eigenvalue weighted by Crippen LogP contribution is 2.28. The number of carboxylic acids is 1. The van der Waals surface area contributed by atoms with E-state index in [0.717, 1.165) is 28.5 Å². The third-order valence-corrected chi connectivity index (χ3v) is 8.28. The molecule has 32 heavy (non-hydrogen) atoms. The molecule has 3 rings (SSSR count). The van der Waals surface area contributed by atoms with Crippen molar-refractivity contribution in [2.75, 3.05) is 26.2 Å². The molecule has 0 aliphatic heterocycles. The number of benzene rings is 2. The van der Waals surface area contributed by atoms with Crippen LogP contribution in [0.15, 0.2) is 58.8 Å². The number of thiophene rings is 1. The molecule has 2 aromatic carbocycles. The summed E-state index contributed by atoms with van der Waals surface area (Å²) in [5.41, 5.74) is 7.91. The Labute approximate surface area is 192 Å². The van der Waals surface area contributed by atoms with Crippen LogP contribution in [0.4, 0.5) is 0 Å². The number of nitrogens with one attached hydrogen (secondary N) is 1. The molecule has 0 amide bonds. The number of nitrogens with zero attached hydrogens (tertiary/aromatic N) is 1. The summed E-state index contributed by atoms with van der Waals surface area (Å²) < 4.78 is 29.2. The summed E-state index contributed by atoms with van der Waals surface area (Å²) in [7, 11) is -3.60. The van der Waals surface area contributed by atoms with Crippen LogP contribution in [0.25, 0.3) is 10.1 Å². The molecule has 3 aromatic rings. The van der Waals surface area contributed by atoms with E-state index in [-0.39, 0.29) is 17.2 Å². The van der Waals surface area contributed by atoms with Gasteiger partial charge in [-0.3, -0.25) is 4.79 Å². The van der Waals surface area contributed by atoms with E-state index >= 15 is 0 Å². The number of rotatable bonds is 13. The van der Waals surface area contributed by atoms with E-state index in [1.165, 1.54) is 16.9 Å². The molecule has 0 spiro atoms. The Morgan fingerprint density at radius 1 is 1.03 bits per heavy atom. The smallest absolute Gasteiger partial charge is 0.304 e. The van der Waals surface area contributed by atoms with Gasteiger partial charge in [-0.25, -0.2) is 13.1 Å². The largest absolute Gasteiger partial charge is 0.481 e. The van der Waals surface area contributed by atoms with Crippen LogP contribution in [-0.2, 0) is 27.8 Å². The molecule has 0 saturated carbocycles. The molecule has 0 radical (unpaired) electrons. The number of aliphatic carboxylic acids is 1. The molecule has 0 aliphatic carbocycles. The maximum atomic E-state index is 12.7. The normalized spacial score (nSPS) is 11.9. The Kier molecular flexibility index (Phi) is 8.77. The average molecular weight is 476 g/mol. The van der Waals surface area contributed by atoms with Gasteiger partial charge in [-0.05, 0) is 48.0 Å². The van der Waals surface area contributed by atoms with Crippen LogP contribution < -0.4 is 10.5 Å². The van der Waals surface area contributed by atoms with Crippen molar-refractivity contribution >= 4 is 37.4 Å². The van der Waals surface area contributed by atoms with Crippen molar-refractivity contribution in [2.45, 2.75) is 30.0 Å². The minimum Gasteiger partial charge on any atom is -0.481 e. The zero-order valence-electron chi connectivity index (χ0n) is 17.9. The number of hydrogen-bond donors (Lipinski definition) is 3. The number of carbonyl (C=O) groups is 1. The maximum Gasteiger partial charge on any atom is 0.304 e. The number of carboxylic acid groups (broad SMARTS) is 1. The topological polar surface area (TPSA) is 113 Å². The predicted octanol–water partition coefficient (Wildman–Crippen LogP) is 3.05. The summed E-state index contributed by atoms with van der Waals surface area (Å²) in [5, 5.41) is 9.94. The second-order valence-electron chi connectivity index (χ2n) is 7.61. The second kappa shape index (κ2) is 11.5. The van der Waals surface area contributed by atoms with E-state index in [4.69, 9.17) is 10.8 Å². The predicted molar refractivity (Wildman–Crippen MR) is 128 cm³/mol. The van der Waals surface area contributed by atoms with E-state index in [9.17, 15) is 13.2 Å². The molecule has 0 fully saturated rings. The molecule has 0 atom stereocenters. The van der Waals surface area contributed by atoms with Gasteiger partial charge in [-0.2, -0.15) is 0 Å². The molecular weight excluding hydrogens is 446 g/mol. The first-order valence-corrected chi connectivity index (χ1v) is 12.9. The number of sulfonamides is 1. The Morgan fingerprint density at radius 3 is 2.44 bits per heavy atom. The lowest BCUT2D eigenvalue weighted by Crippen LogP contribution is -2.36. The van der Waals surface area contributed by atoms with Gasteiger partial charge < -0.3 is 15.7 Å².